The van der Waals surface area contributed by atoms with Gasteiger partial charge in [0.25, 0.3) is 5.91 Å². The molecule has 0 N–H and O–H groups in total. The Morgan fingerprint density at radius 3 is 2.37 bits per heavy atom. The lowest BCUT2D eigenvalue weighted by Gasteiger charge is -2.21. The highest BCUT2D eigenvalue weighted by Crippen LogP contribution is 2.31. The van der Waals surface area contributed by atoms with Crippen LogP contribution in [0, 0.1) is 6.92 Å². The SMILES string of the molecule is CCS(=O)(=O)c1ccc(C(=O)N(CCCN(C)C)c2nc3c(C)cccc3s2)cc1. The van der Waals surface area contributed by atoms with Crippen LogP contribution in [-0.4, -0.2) is 57.1 Å². The summed E-state index contributed by atoms with van der Waals surface area (Å²) in [5.41, 5.74) is 2.43. The minimum atomic E-state index is -3.30. The molecule has 0 aliphatic rings. The van der Waals surface area contributed by atoms with E-state index in [0.717, 1.165) is 28.7 Å². The standard InChI is InChI=1S/C22H27N3O3S2/c1-5-30(27,28)18-12-10-17(11-13-18)21(26)25(15-7-14-24(3)4)22-23-20-16(2)8-6-9-19(20)29-22/h6,8-13H,5,7,14-15H2,1-4H3. The van der Waals surface area contributed by atoms with Crippen molar-refractivity contribution in [3.63, 3.8) is 0 Å². The number of sulfone groups is 1. The molecule has 0 unspecified atom stereocenters. The summed E-state index contributed by atoms with van der Waals surface area (Å²) in [6.07, 6.45) is 0.802. The van der Waals surface area contributed by atoms with Gasteiger partial charge >= 0.3 is 0 Å². The highest BCUT2D eigenvalue weighted by molar-refractivity contribution is 7.91. The van der Waals surface area contributed by atoms with Crippen molar-refractivity contribution in [2.45, 2.75) is 25.2 Å². The highest BCUT2D eigenvalue weighted by Gasteiger charge is 2.22. The molecule has 1 aromatic heterocycles. The van der Waals surface area contributed by atoms with Crippen LogP contribution in [0.5, 0.6) is 0 Å². The Morgan fingerprint density at radius 2 is 1.77 bits per heavy atom. The van der Waals surface area contributed by atoms with Gasteiger partial charge in [0.1, 0.15) is 0 Å². The summed E-state index contributed by atoms with van der Waals surface area (Å²) >= 11 is 1.50. The zero-order valence-corrected chi connectivity index (χ0v) is 19.4. The number of nitrogens with zero attached hydrogens (tertiary/aromatic N) is 3. The first-order valence-corrected chi connectivity index (χ1v) is 12.4. The van der Waals surface area contributed by atoms with Crippen molar-refractivity contribution < 1.29 is 13.2 Å². The minimum Gasteiger partial charge on any atom is -0.309 e. The number of anilines is 1. The van der Waals surface area contributed by atoms with Gasteiger partial charge in [0.15, 0.2) is 15.0 Å². The first-order chi connectivity index (χ1) is 14.2. The second-order valence-electron chi connectivity index (χ2n) is 7.46. The number of fused-ring (bicyclic) bond motifs is 1. The van der Waals surface area contributed by atoms with Gasteiger partial charge in [-0.3, -0.25) is 9.69 Å². The number of carbonyl (C=O) groups excluding carboxylic acids is 1. The predicted octanol–water partition coefficient (Wildman–Crippen LogP) is 4.00. The summed E-state index contributed by atoms with van der Waals surface area (Å²) in [6.45, 7) is 5.00. The summed E-state index contributed by atoms with van der Waals surface area (Å²) in [5.74, 6) is -0.145. The number of aryl methyl sites for hydroxylation is 1. The largest absolute Gasteiger partial charge is 0.309 e. The number of rotatable bonds is 8. The van der Waals surface area contributed by atoms with Crippen molar-refractivity contribution in [2.75, 3.05) is 37.8 Å². The van der Waals surface area contributed by atoms with E-state index in [2.05, 4.69) is 4.90 Å². The quantitative estimate of drug-likeness (QED) is 0.524. The zero-order valence-electron chi connectivity index (χ0n) is 17.8. The van der Waals surface area contributed by atoms with Gasteiger partial charge in [0.05, 0.1) is 20.9 Å². The van der Waals surface area contributed by atoms with Crippen molar-refractivity contribution in [2.24, 2.45) is 0 Å². The van der Waals surface area contributed by atoms with Crippen LogP contribution >= 0.6 is 11.3 Å². The fourth-order valence-corrected chi connectivity index (χ4v) is 5.10. The monoisotopic (exact) mass is 445 g/mol. The molecule has 8 heteroatoms. The third kappa shape index (κ3) is 4.88. The highest BCUT2D eigenvalue weighted by atomic mass is 32.2. The summed E-state index contributed by atoms with van der Waals surface area (Å²) in [7, 11) is 0.701. The smallest absolute Gasteiger partial charge is 0.260 e. The van der Waals surface area contributed by atoms with E-state index in [4.69, 9.17) is 4.98 Å². The number of carbonyl (C=O) groups is 1. The topological polar surface area (TPSA) is 70.6 Å². The zero-order chi connectivity index (χ0) is 21.9. The maximum atomic E-state index is 13.3. The Kier molecular flexibility index (Phi) is 6.90. The molecule has 3 aromatic rings. The van der Waals surface area contributed by atoms with Crippen LogP contribution in [0.1, 0.15) is 29.3 Å². The van der Waals surface area contributed by atoms with E-state index in [0.29, 0.717) is 17.2 Å². The van der Waals surface area contributed by atoms with Gasteiger partial charge in [0.2, 0.25) is 0 Å². The van der Waals surface area contributed by atoms with Crippen LogP contribution in [0.2, 0.25) is 0 Å². The molecule has 0 saturated heterocycles. The van der Waals surface area contributed by atoms with Gasteiger partial charge in [0, 0.05) is 12.1 Å². The lowest BCUT2D eigenvalue weighted by Crippen LogP contribution is -2.33. The Balaban J connectivity index is 1.94. The molecule has 0 aliphatic carbocycles. The molecule has 0 radical (unpaired) electrons. The molecule has 2 aromatic carbocycles. The van der Waals surface area contributed by atoms with Crippen LogP contribution in [-0.2, 0) is 9.84 Å². The lowest BCUT2D eigenvalue weighted by molar-refractivity contribution is 0.0986. The molecule has 30 heavy (non-hydrogen) atoms. The maximum Gasteiger partial charge on any atom is 0.260 e. The summed E-state index contributed by atoms with van der Waals surface area (Å²) in [5, 5.41) is 0.660. The van der Waals surface area contributed by atoms with Gasteiger partial charge in [-0.05, 0) is 69.9 Å². The van der Waals surface area contributed by atoms with Gasteiger partial charge in [-0.2, -0.15) is 0 Å². The number of thiazole rings is 1. The van der Waals surface area contributed by atoms with Crippen LogP contribution < -0.4 is 4.90 Å². The second-order valence-corrected chi connectivity index (χ2v) is 10.7. The molecule has 0 spiro atoms. The van der Waals surface area contributed by atoms with Gasteiger partial charge in [-0.15, -0.1) is 0 Å². The van der Waals surface area contributed by atoms with Gasteiger partial charge in [-0.1, -0.05) is 30.4 Å². The van der Waals surface area contributed by atoms with Crippen LogP contribution in [0.3, 0.4) is 0 Å². The van der Waals surface area contributed by atoms with Crippen LogP contribution in [0.25, 0.3) is 10.2 Å². The minimum absolute atomic E-state index is 0.0298. The fourth-order valence-electron chi connectivity index (χ4n) is 3.15. The van der Waals surface area contributed by atoms with E-state index in [1.54, 1.807) is 24.0 Å². The second kappa shape index (κ2) is 9.24. The average Bonchev–Trinajstić information content (AvgIpc) is 3.16. The number of hydrogen-bond acceptors (Lipinski definition) is 6. The molecule has 0 bridgehead atoms. The Morgan fingerprint density at radius 1 is 1.07 bits per heavy atom. The van der Waals surface area contributed by atoms with Crippen molar-refractivity contribution in [3.8, 4) is 0 Å². The number of aromatic nitrogens is 1. The molecule has 1 amide bonds. The van der Waals surface area contributed by atoms with Crippen molar-refractivity contribution in [1.29, 1.82) is 0 Å². The molecule has 0 saturated carbocycles. The van der Waals surface area contributed by atoms with Gasteiger partial charge < -0.3 is 4.90 Å². The first-order valence-electron chi connectivity index (χ1n) is 9.88. The predicted molar refractivity (Wildman–Crippen MR) is 123 cm³/mol. The van der Waals surface area contributed by atoms with E-state index < -0.39 is 9.84 Å². The summed E-state index contributed by atoms with van der Waals surface area (Å²) < 4.78 is 25.2. The van der Waals surface area contributed by atoms with Crippen LogP contribution in [0.15, 0.2) is 47.4 Å². The molecule has 6 nitrogen and oxygen atoms in total. The third-order valence-electron chi connectivity index (χ3n) is 4.91. The van der Waals surface area contributed by atoms with E-state index in [9.17, 15) is 13.2 Å². The van der Waals surface area contributed by atoms with Crippen LogP contribution in [0.4, 0.5) is 5.13 Å². The number of hydrogen-bond donors (Lipinski definition) is 0. The fraction of sp³-hybridized carbons (Fsp3) is 0.364. The molecule has 0 aliphatic heterocycles. The number of benzene rings is 2. The maximum absolute atomic E-state index is 13.3. The summed E-state index contributed by atoms with van der Waals surface area (Å²) in [6, 6.07) is 12.2. The van der Waals surface area contributed by atoms with Crippen molar-refractivity contribution in [3.05, 3.63) is 53.6 Å². The molecular weight excluding hydrogens is 418 g/mol. The lowest BCUT2D eigenvalue weighted by atomic mass is 10.2. The van der Waals surface area contributed by atoms with E-state index in [-0.39, 0.29) is 16.6 Å². The van der Waals surface area contributed by atoms with Gasteiger partial charge in [-0.25, -0.2) is 13.4 Å². The normalized spacial score (nSPS) is 11.9. The molecule has 3 rings (SSSR count). The third-order valence-corrected chi connectivity index (χ3v) is 7.71. The van der Waals surface area contributed by atoms with E-state index >= 15 is 0 Å². The molecule has 0 atom stereocenters. The Hall–Kier alpha value is -2.29. The molecule has 0 fully saturated rings. The van der Waals surface area contributed by atoms with E-state index in [1.807, 2.05) is 39.2 Å². The summed E-state index contributed by atoms with van der Waals surface area (Å²) in [4.78, 5) is 22.1. The number of amides is 1. The first kappa shape index (κ1) is 22.4. The molecule has 160 valence electrons. The van der Waals surface area contributed by atoms with E-state index in [1.165, 1.54) is 23.5 Å². The molecule has 1 heterocycles. The van der Waals surface area contributed by atoms with Crippen molar-refractivity contribution >= 4 is 42.4 Å². The number of para-hydroxylation sites is 1. The molecular formula is C22H27N3O3S2. The Bertz CT molecular complexity index is 1140. The average molecular weight is 446 g/mol. The Labute approximate surface area is 182 Å². The van der Waals surface area contributed by atoms with Crippen molar-refractivity contribution in [1.82, 2.24) is 9.88 Å².